The van der Waals surface area contributed by atoms with Crippen LogP contribution < -0.4 is 30.7 Å². The van der Waals surface area contributed by atoms with Gasteiger partial charge in [0.1, 0.15) is 41.8 Å². The standard InChI is InChI=1S/C33H36FN5O7S/c1-21-29(40)37-27(19-22-5-3-2-4-6-22)31(42)38-33(15-16-33)32(43)35-17-18-46-25-11-7-23(8-12-25)20-28(30(41)36-21)39-47(44,45)26-13-9-24(34)10-14-26/h2-14,21,27-28,39H,15-20H2,1H3,(H,35,43)(H,36,41)(H,37,40)(H,38,42)/t21-,27+,28-/m0/s1. The molecule has 1 saturated carbocycles. The molecule has 0 unspecified atom stereocenters. The lowest BCUT2D eigenvalue weighted by atomic mass is 10.0. The van der Waals surface area contributed by atoms with E-state index in [1.54, 1.807) is 48.5 Å². The van der Waals surface area contributed by atoms with Crippen molar-refractivity contribution < 1.29 is 36.7 Å². The number of fused-ring (bicyclic) bond motifs is 15. The van der Waals surface area contributed by atoms with Gasteiger partial charge < -0.3 is 26.0 Å². The van der Waals surface area contributed by atoms with E-state index in [0.717, 1.165) is 29.8 Å². The Morgan fingerprint density at radius 3 is 2.21 bits per heavy atom. The number of nitrogens with one attached hydrogen (secondary N) is 5. The lowest BCUT2D eigenvalue weighted by Gasteiger charge is -2.25. The summed E-state index contributed by atoms with van der Waals surface area (Å²) in [7, 11) is -4.28. The molecule has 3 aromatic carbocycles. The molecule has 1 spiro atoms. The van der Waals surface area contributed by atoms with Gasteiger partial charge in [-0.15, -0.1) is 0 Å². The summed E-state index contributed by atoms with van der Waals surface area (Å²) in [5, 5.41) is 10.8. The zero-order valence-electron chi connectivity index (χ0n) is 25.6. The fourth-order valence-electron chi connectivity index (χ4n) is 5.11. The van der Waals surface area contributed by atoms with Crippen molar-refractivity contribution in [2.45, 2.75) is 61.2 Å². The molecule has 2 aliphatic heterocycles. The Labute approximate surface area is 271 Å². The molecule has 12 nitrogen and oxygen atoms in total. The number of hydrogen-bond donors (Lipinski definition) is 5. The van der Waals surface area contributed by atoms with Gasteiger partial charge in [-0.3, -0.25) is 19.2 Å². The third-order valence-corrected chi connectivity index (χ3v) is 9.46. The smallest absolute Gasteiger partial charge is 0.245 e. The highest BCUT2D eigenvalue weighted by Gasteiger charge is 2.51. The maximum absolute atomic E-state index is 13.6. The first kappa shape index (κ1) is 33.5. The van der Waals surface area contributed by atoms with E-state index in [4.69, 9.17) is 4.74 Å². The molecule has 2 heterocycles. The topological polar surface area (TPSA) is 172 Å². The van der Waals surface area contributed by atoms with Crippen LogP contribution in [-0.2, 0) is 42.0 Å². The number of halogens is 1. The molecule has 5 N–H and O–H groups in total. The number of ether oxygens (including phenoxy) is 1. The molecule has 3 atom stereocenters. The van der Waals surface area contributed by atoms with E-state index in [1.165, 1.54) is 6.92 Å². The quantitative estimate of drug-likeness (QED) is 0.254. The molecule has 248 valence electrons. The highest BCUT2D eigenvalue weighted by molar-refractivity contribution is 7.89. The van der Waals surface area contributed by atoms with Crippen molar-refractivity contribution in [3.05, 3.63) is 95.8 Å². The number of benzene rings is 3. The maximum Gasteiger partial charge on any atom is 0.245 e. The van der Waals surface area contributed by atoms with Crippen LogP contribution in [0.5, 0.6) is 5.75 Å². The molecular formula is C33H36FN5O7S. The highest BCUT2D eigenvalue weighted by atomic mass is 32.2. The molecule has 47 heavy (non-hydrogen) atoms. The van der Waals surface area contributed by atoms with Gasteiger partial charge in [0.15, 0.2) is 0 Å². The summed E-state index contributed by atoms with van der Waals surface area (Å²) >= 11 is 0. The molecule has 1 aliphatic carbocycles. The fourth-order valence-corrected chi connectivity index (χ4v) is 6.30. The molecule has 3 aromatic rings. The van der Waals surface area contributed by atoms with Gasteiger partial charge in [-0.25, -0.2) is 12.8 Å². The normalized spacial score (nSPS) is 22.3. The van der Waals surface area contributed by atoms with Crippen LogP contribution in [0.25, 0.3) is 0 Å². The van der Waals surface area contributed by atoms with Gasteiger partial charge in [0.25, 0.3) is 0 Å². The van der Waals surface area contributed by atoms with Gasteiger partial charge in [0, 0.05) is 6.42 Å². The van der Waals surface area contributed by atoms with Gasteiger partial charge in [0.05, 0.1) is 11.4 Å². The van der Waals surface area contributed by atoms with Crippen molar-refractivity contribution in [2.75, 3.05) is 13.2 Å². The summed E-state index contributed by atoms with van der Waals surface area (Å²) in [5.74, 6) is -2.55. The van der Waals surface area contributed by atoms with Crippen molar-refractivity contribution in [1.82, 2.24) is 26.0 Å². The van der Waals surface area contributed by atoms with Gasteiger partial charge in [-0.1, -0.05) is 42.5 Å². The molecule has 0 aromatic heterocycles. The number of carbonyl (C=O) groups is 4. The van der Waals surface area contributed by atoms with Crippen molar-refractivity contribution in [2.24, 2.45) is 0 Å². The average molecular weight is 666 g/mol. The maximum atomic E-state index is 13.6. The van der Waals surface area contributed by atoms with Crippen molar-refractivity contribution in [3.8, 4) is 5.75 Å². The van der Waals surface area contributed by atoms with Gasteiger partial charge >= 0.3 is 0 Å². The Hall–Kier alpha value is -4.82. The number of amides is 4. The van der Waals surface area contributed by atoms with Crippen LogP contribution in [-0.4, -0.2) is 68.9 Å². The zero-order chi connectivity index (χ0) is 33.6. The summed E-state index contributed by atoms with van der Waals surface area (Å²) in [6.07, 6.45) is 0.875. The van der Waals surface area contributed by atoms with Crippen molar-refractivity contribution in [3.63, 3.8) is 0 Å². The SMILES string of the molecule is C[C@@H]1NC(=O)[C@@H](NS(=O)(=O)c2ccc(F)cc2)Cc2ccc(cc2)OCCNC(=O)C2(CC2)NC(=O)[C@@H](Cc2ccccc2)NC1=O. The van der Waals surface area contributed by atoms with E-state index >= 15 is 0 Å². The largest absolute Gasteiger partial charge is 0.492 e. The molecule has 3 aliphatic rings. The first-order valence-corrected chi connectivity index (χ1v) is 16.7. The molecular weight excluding hydrogens is 629 g/mol. The second-order valence-electron chi connectivity index (χ2n) is 11.6. The Morgan fingerprint density at radius 1 is 0.872 bits per heavy atom. The number of rotatable bonds is 5. The number of hydrogen-bond acceptors (Lipinski definition) is 7. The van der Waals surface area contributed by atoms with E-state index in [1.807, 2.05) is 6.07 Å². The van der Waals surface area contributed by atoms with E-state index in [0.29, 0.717) is 24.2 Å². The Morgan fingerprint density at radius 2 is 1.55 bits per heavy atom. The van der Waals surface area contributed by atoms with Crippen LogP contribution >= 0.6 is 0 Å². The van der Waals surface area contributed by atoms with E-state index in [-0.39, 0.29) is 36.8 Å². The van der Waals surface area contributed by atoms with Gasteiger partial charge in [-0.2, -0.15) is 4.72 Å². The third kappa shape index (κ3) is 8.71. The summed E-state index contributed by atoms with van der Waals surface area (Å²) in [5.41, 5.74) is 0.231. The van der Waals surface area contributed by atoms with Gasteiger partial charge in [-0.05, 0) is 73.7 Å². The van der Waals surface area contributed by atoms with Crippen LogP contribution in [0.3, 0.4) is 0 Å². The number of carbonyl (C=O) groups excluding carboxylic acids is 4. The Bertz CT molecular complexity index is 1720. The summed E-state index contributed by atoms with van der Waals surface area (Å²) in [4.78, 5) is 53.2. The Kier molecular flexibility index (Phi) is 10.2. The first-order chi connectivity index (χ1) is 22.4. The zero-order valence-corrected chi connectivity index (χ0v) is 26.4. The molecule has 14 heteroatoms. The lowest BCUT2D eigenvalue weighted by molar-refractivity contribution is -0.134. The van der Waals surface area contributed by atoms with E-state index in [9.17, 15) is 32.0 Å². The van der Waals surface area contributed by atoms with Crippen molar-refractivity contribution >= 4 is 33.7 Å². The second kappa shape index (κ2) is 14.3. The van der Waals surface area contributed by atoms with Crippen LogP contribution in [0.15, 0.2) is 83.8 Å². The van der Waals surface area contributed by atoms with Crippen LogP contribution in [0, 0.1) is 5.82 Å². The van der Waals surface area contributed by atoms with E-state index < -0.39 is 57.2 Å². The molecule has 0 radical (unpaired) electrons. The minimum Gasteiger partial charge on any atom is -0.492 e. The molecule has 2 bridgehead atoms. The summed E-state index contributed by atoms with van der Waals surface area (Å²) in [6, 6.07) is 16.1. The fraction of sp³-hybridized carbons (Fsp3) is 0.333. The molecule has 0 saturated heterocycles. The van der Waals surface area contributed by atoms with Crippen LogP contribution in [0.1, 0.15) is 30.9 Å². The first-order valence-electron chi connectivity index (χ1n) is 15.2. The predicted octanol–water partition coefficient (Wildman–Crippen LogP) is 1.10. The minimum atomic E-state index is -4.28. The minimum absolute atomic E-state index is 0.0992. The molecule has 4 amide bonds. The lowest BCUT2D eigenvalue weighted by Crippen LogP contribution is -2.59. The van der Waals surface area contributed by atoms with Gasteiger partial charge in [0.2, 0.25) is 33.7 Å². The van der Waals surface area contributed by atoms with Crippen LogP contribution in [0.4, 0.5) is 4.39 Å². The van der Waals surface area contributed by atoms with E-state index in [2.05, 4.69) is 26.0 Å². The van der Waals surface area contributed by atoms with Crippen molar-refractivity contribution in [1.29, 1.82) is 0 Å². The summed E-state index contributed by atoms with van der Waals surface area (Å²) in [6.45, 7) is 1.72. The molecule has 6 rings (SSSR count). The Balaban J connectivity index is 1.41. The average Bonchev–Trinajstić information content (AvgIpc) is 3.83. The highest BCUT2D eigenvalue weighted by Crippen LogP contribution is 2.35. The monoisotopic (exact) mass is 665 g/mol. The van der Waals surface area contributed by atoms with Crippen LogP contribution in [0.2, 0.25) is 0 Å². The third-order valence-electron chi connectivity index (χ3n) is 7.97. The predicted molar refractivity (Wildman–Crippen MR) is 169 cm³/mol. The molecule has 1 fully saturated rings. The summed E-state index contributed by atoms with van der Waals surface area (Å²) < 4.78 is 48.0. The second-order valence-corrected chi connectivity index (χ2v) is 13.3. The number of sulfonamides is 1.